The molecule has 0 atom stereocenters. The number of aryl methyl sites for hydroxylation is 1. The molecular formula is C22H17N3O3S2. The van der Waals surface area contributed by atoms with Gasteiger partial charge in [-0.15, -0.1) is 11.3 Å². The topological polar surface area (TPSA) is 83.4 Å². The van der Waals surface area contributed by atoms with Crippen LogP contribution in [0.4, 0.5) is 11.4 Å². The quantitative estimate of drug-likeness (QED) is 0.385. The molecule has 30 heavy (non-hydrogen) atoms. The molecule has 8 heteroatoms. The van der Waals surface area contributed by atoms with Crippen LogP contribution >= 0.6 is 23.6 Å². The van der Waals surface area contributed by atoms with Crippen molar-refractivity contribution < 1.29 is 14.0 Å². The highest BCUT2D eigenvalue weighted by atomic mass is 32.1. The van der Waals surface area contributed by atoms with Crippen LogP contribution in [0.25, 0.3) is 11.0 Å². The molecule has 2 aromatic carbocycles. The van der Waals surface area contributed by atoms with Crippen LogP contribution in [0.5, 0.6) is 0 Å². The molecule has 6 nitrogen and oxygen atoms in total. The van der Waals surface area contributed by atoms with Gasteiger partial charge in [-0.2, -0.15) is 0 Å². The zero-order chi connectivity index (χ0) is 21.1. The lowest BCUT2D eigenvalue weighted by Crippen LogP contribution is -2.34. The van der Waals surface area contributed by atoms with Crippen LogP contribution in [0.1, 0.15) is 25.8 Å². The summed E-state index contributed by atoms with van der Waals surface area (Å²) in [6, 6.07) is 18.1. The molecule has 3 N–H and O–H groups in total. The second-order valence-electron chi connectivity index (χ2n) is 6.47. The molecule has 0 unspecified atom stereocenters. The number of nitrogens with one attached hydrogen (secondary N) is 3. The number of thiophene rings is 1. The number of thiocarbonyl (C=S) groups is 1. The average Bonchev–Trinajstić information content (AvgIpc) is 3.38. The van der Waals surface area contributed by atoms with E-state index in [-0.39, 0.29) is 16.8 Å². The summed E-state index contributed by atoms with van der Waals surface area (Å²) in [5.41, 5.74) is 2.75. The van der Waals surface area contributed by atoms with E-state index in [0.717, 1.165) is 10.9 Å². The highest BCUT2D eigenvalue weighted by Gasteiger charge is 2.18. The second kappa shape index (κ2) is 8.48. The van der Waals surface area contributed by atoms with Crippen molar-refractivity contribution in [3.63, 3.8) is 0 Å². The molecule has 0 aliphatic heterocycles. The lowest BCUT2D eigenvalue weighted by atomic mass is 10.1. The van der Waals surface area contributed by atoms with Crippen molar-refractivity contribution in [2.45, 2.75) is 6.92 Å². The van der Waals surface area contributed by atoms with Gasteiger partial charge in [-0.05, 0) is 60.9 Å². The number of furan rings is 1. The maximum Gasteiger partial charge on any atom is 0.293 e. The van der Waals surface area contributed by atoms with E-state index in [0.29, 0.717) is 21.8 Å². The fraction of sp³-hybridized carbons (Fsp3) is 0.0455. The molecule has 2 heterocycles. The smallest absolute Gasteiger partial charge is 0.293 e. The van der Waals surface area contributed by atoms with E-state index in [1.165, 1.54) is 11.3 Å². The molecule has 2 amide bonds. The fourth-order valence-electron chi connectivity index (χ4n) is 2.95. The van der Waals surface area contributed by atoms with Crippen LogP contribution in [0, 0.1) is 6.92 Å². The third kappa shape index (κ3) is 4.24. The van der Waals surface area contributed by atoms with E-state index in [9.17, 15) is 9.59 Å². The van der Waals surface area contributed by atoms with E-state index in [1.807, 2.05) is 42.6 Å². The summed E-state index contributed by atoms with van der Waals surface area (Å²) in [5.74, 6) is -0.345. The van der Waals surface area contributed by atoms with Gasteiger partial charge in [-0.1, -0.05) is 24.3 Å². The Bertz CT molecular complexity index is 1230. The van der Waals surface area contributed by atoms with Gasteiger partial charge in [0.25, 0.3) is 11.8 Å². The van der Waals surface area contributed by atoms with Crippen LogP contribution in [0.3, 0.4) is 0 Å². The number of anilines is 2. The van der Waals surface area contributed by atoms with Crippen molar-refractivity contribution in [1.29, 1.82) is 0 Å². The van der Waals surface area contributed by atoms with Gasteiger partial charge in [0.05, 0.1) is 4.88 Å². The van der Waals surface area contributed by atoms with E-state index in [2.05, 4.69) is 16.0 Å². The Labute approximate surface area is 181 Å². The standard InChI is InChI=1S/C22H17N3O3S2/c1-13-16-5-2-3-6-17(16)28-19(13)21(27)25-22(29)24-15-10-8-14(9-11-15)23-20(26)18-7-4-12-30-18/h2-12H,1H3,(H,23,26)(H2,24,25,27,29). The van der Waals surface area contributed by atoms with E-state index in [1.54, 1.807) is 30.3 Å². The molecule has 150 valence electrons. The van der Waals surface area contributed by atoms with Gasteiger partial charge < -0.3 is 15.1 Å². The van der Waals surface area contributed by atoms with Crippen LogP contribution in [-0.2, 0) is 0 Å². The van der Waals surface area contributed by atoms with Gasteiger partial charge in [0.15, 0.2) is 10.9 Å². The first-order valence-electron chi connectivity index (χ1n) is 9.06. The summed E-state index contributed by atoms with van der Waals surface area (Å²) in [6.45, 7) is 1.83. The SMILES string of the molecule is Cc1c(C(=O)NC(=S)Nc2ccc(NC(=O)c3cccs3)cc2)oc2ccccc12. The van der Waals surface area contributed by atoms with Crippen LogP contribution in [0.15, 0.2) is 70.5 Å². The summed E-state index contributed by atoms with van der Waals surface area (Å²) >= 11 is 6.62. The summed E-state index contributed by atoms with van der Waals surface area (Å²) in [5, 5.41) is 11.3. The number of amides is 2. The molecule has 0 aliphatic rings. The number of hydrogen-bond acceptors (Lipinski definition) is 5. The third-order valence-corrected chi connectivity index (χ3v) is 5.50. The molecule has 0 spiro atoms. The highest BCUT2D eigenvalue weighted by molar-refractivity contribution is 7.80. The minimum atomic E-state index is -0.416. The molecule has 0 saturated carbocycles. The van der Waals surface area contributed by atoms with Crippen LogP contribution < -0.4 is 16.0 Å². The van der Waals surface area contributed by atoms with Crippen molar-refractivity contribution in [3.05, 3.63) is 82.2 Å². The Hall–Kier alpha value is -3.49. The van der Waals surface area contributed by atoms with Crippen LogP contribution in [0.2, 0.25) is 0 Å². The maximum absolute atomic E-state index is 12.5. The number of fused-ring (bicyclic) bond motifs is 1. The molecular weight excluding hydrogens is 418 g/mol. The summed E-state index contributed by atoms with van der Waals surface area (Å²) in [6.07, 6.45) is 0. The normalized spacial score (nSPS) is 10.6. The minimum Gasteiger partial charge on any atom is -0.451 e. The average molecular weight is 436 g/mol. The first kappa shape index (κ1) is 19.8. The Kier molecular flexibility index (Phi) is 5.60. The van der Waals surface area contributed by atoms with Crippen LogP contribution in [-0.4, -0.2) is 16.9 Å². The van der Waals surface area contributed by atoms with E-state index < -0.39 is 5.91 Å². The highest BCUT2D eigenvalue weighted by Crippen LogP contribution is 2.24. The molecule has 0 radical (unpaired) electrons. The number of para-hydroxylation sites is 1. The van der Waals surface area contributed by atoms with Crippen molar-refractivity contribution in [1.82, 2.24) is 5.32 Å². The molecule has 4 rings (SSSR count). The van der Waals surface area contributed by atoms with Crippen molar-refractivity contribution >= 4 is 62.8 Å². The van der Waals surface area contributed by atoms with Gasteiger partial charge in [0.2, 0.25) is 0 Å². The molecule has 0 bridgehead atoms. The first-order valence-corrected chi connectivity index (χ1v) is 10.4. The van der Waals surface area contributed by atoms with E-state index in [4.69, 9.17) is 16.6 Å². The summed E-state index contributed by atoms with van der Waals surface area (Å²) in [7, 11) is 0. The summed E-state index contributed by atoms with van der Waals surface area (Å²) in [4.78, 5) is 25.3. The zero-order valence-electron chi connectivity index (χ0n) is 15.9. The Morgan fingerprint density at radius 3 is 2.27 bits per heavy atom. The lowest BCUT2D eigenvalue weighted by molar-refractivity contribution is 0.0951. The largest absolute Gasteiger partial charge is 0.451 e. The predicted octanol–water partition coefficient (Wildman–Crippen LogP) is 5.18. The third-order valence-electron chi connectivity index (χ3n) is 4.42. The zero-order valence-corrected chi connectivity index (χ0v) is 17.5. The molecule has 4 aromatic rings. The number of hydrogen-bond donors (Lipinski definition) is 3. The summed E-state index contributed by atoms with van der Waals surface area (Å²) < 4.78 is 5.66. The van der Waals surface area contributed by atoms with Gasteiger partial charge in [-0.25, -0.2) is 0 Å². The minimum absolute atomic E-state index is 0.148. The number of carbonyl (C=O) groups is 2. The Morgan fingerprint density at radius 2 is 1.60 bits per heavy atom. The Balaban J connectivity index is 1.37. The number of benzene rings is 2. The van der Waals surface area contributed by atoms with Crippen molar-refractivity contribution in [2.75, 3.05) is 10.6 Å². The molecule has 0 saturated heterocycles. The maximum atomic E-state index is 12.5. The molecule has 0 fully saturated rings. The number of rotatable bonds is 4. The van der Waals surface area contributed by atoms with Crippen molar-refractivity contribution in [3.8, 4) is 0 Å². The van der Waals surface area contributed by atoms with Gasteiger partial charge in [0, 0.05) is 22.3 Å². The van der Waals surface area contributed by atoms with Gasteiger partial charge >= 0.3 is 0 Å². The Morgan fingerprint density at radius 1 is 0.900 bits per heavy atom. The first-order chi connectivity index (χ1) is 14.5. The lowest BCUT2D eigenvalue weighted by Gasteiger charge is -2.10. The van der Waals surface area contributed by atoms with Gasteiger partial charge in [-0.3, -0.25) is 14.9 Å². The van der Waals surface area contributed by atoms with Gasteiger partial charge in [0.1, 0.15) is 5.58 Å². The molecule has 0 aliphatic carbocycles. The predicted molar refractivity (Wildman–Crippen MR) is 123 cm³/mol. The molecule has 2 aromatic heterocycles. The second-order valence-corrected chi connectivity index (χ2v) is 7.83. The number of carbonyl (C=O) groups excluding carboxylic acids is 2. The van der Waals surface area contributed by atoms with E-state index >= 15 is 0 Å². The van der Waals surface area contributed by atoms with Crippen molar-refractivity contribution in [2.24, 2.45) is 0 Å². The monoisotopic (exact) mass is 435 g/mol. The fourth-order valence-corrected chi connectivity index (χ4v) is 3.78.